The van der Waals surface area contributed by atoms with Crippen molar-refractivity contribution in [1.82, 2.24) is 10.2 Å². The molecule has 9 heteroatoms. The minimum atomic E-state index is -0.467. The van der Waals surface area contributed by atoms with Crippen molar-refractivity contribution in [3.05, 3.63) is 70.1 Å². The maximum atomic E-state index is 14.8. The van der Waals surface area contributed by atoms with Crippen molar-refractivity contribution in [3.63, 3.8) is 0 Å². The average Bonchev–Trinajstić information content (AvgIpc) is 3.42. The first kappa shape index (κ1) is 21.5. The predicted octanol–water partition coefficient (Wildman–Crippen LogP) is 5.17. The van der Waals surface area contributed by atoms with Crippen LogP contribution in [0.3, 0.4) is 0 Å². The van der Waals surface area contributed by atoms with Crippen molar-refractivity contribution in [2.75, 3.05) is 13.7 Å². The minimum absolute atomic E-state index is 0.0539. The van der Waals surface area contributed by atoms with Crippen LogP contribution in [0.5, 0.6) is 23.1 Å². The van der Waals surface area contributed by atoms with E-state index in [4.69, 9.17) is 30.5 Å². The first-order valence-corrected chi connectivity index (χ1v) is 10.9. The fraction of sp³-hybridized carbons (Fsp3) is 0.292. The van der Waals surface area contributed by atoms with Gasteiger partial charge in [-0.05, 0) is 37.1 Å². The van der Waals surface area contributed by atoms with Gasteiger partial charge in [-0.3, -0.25) is 4.79 Å². The van der Waals surface area contributed by atoms with E-state index < -0.39 is 6.10 Å². The number of hydrogen-bond acceptors (Lipinski definition) is 7. The van der Waals surface area contributed by atoms with Crippen LogP contribution in [-0.2, 0) is 16.0 Å². The number of esters is 1. The second-order valence-corrected chi connectivity index (χ2v) is 8.25. The van der Waals surface area contributed by atoms with Crippen LogP contribution in [0.1, 0.15) is 41.6 Å². The first-order valence-electron chi connectivity index (χ1n) is 10.5. The minimum Gasteiger partial charge on any atom is -0.492 e. The Hall–Kier alpha value is -3.39. The molecule has 2 heterocycles. The summed E-state index contributed by atoms with van der Waals surface area (Å²) in [4.78, 5) is 11.6. The molecule has 0 fully saturated rings. The van der Waals surface area contributed by atoms with Gasteiger partial charge in [0.25, 0.3) is 0 Å². The van der Waals surface area contributed by atoms with Crippen molar-refractivity contribution in [2.45, 2.75) is 31.3 Å². The molecule has 0 saturated heterocycles. The lowest BCUT2D eigenvalue weighted by atomic mass is 9.98. The van der Waals surface area contributed by atoms with Crippen molar-refractivity contribution < 1.29 is 28.1 Å². The zero-order valence-electron chi connectivity index (χ0n) is 17.7. The van der Waals surface area contributed by atoms with Crippen LogP contribution in [0.2, 0.25) is 5.15 Å². The third kappa shape index (κ3) is 4.30. The molecule has 2 aliphatic rings. The van der Waals surface area contributed by atoms with Crippen LogP contribution in [-0.4, -0.2) is 29.9 Å². The molecule has 0 bridgehead atoms. The molecule has 0 N–H and O–H groups in total. The van der Waals surface area contributed by atoms with Crippen LogP contribution < -0.4 is 14.2 Å². The Labute approximate surface area is 194 Å². The highest BCUT2D eigenvalue weighted by Crippen LogP contribution is 2.44. The van der Waals surface area contributed by atoms with Crippen molar-refractivity contribution in [3.8, 4) is 23.1 Å². The molecule has 33 heavy (non-hydrogen) atoms. The fourth-order valence-electron chi connectivity index (χ4n) is 4.27. The largest absolute Gasteiger partial charge is 0.492 e. The Morgan fingerprint density at radius 3 is 2.88 bits per heavy atom. The summed E-state index contributed by atoms with van der Waals surface area (Å²) >= 11 is 5.77. The summed E-state index contributed by atoms with van der Waals surface area (Å²) in [5, 5.41) is 7.92. The predicted molar refractivity (Wildman–Crippen MR) is 117 cm³/mol. The molecular weight excluding hydrogens is 451 g/mol. The number of halogens is 2. The van der Waals surface area contributed by atoms with E-state index in [0.717, 1.165) is 11.1 Å². The van der Waals surface area contributed by atoms with Gasteiger partial charge < -0.3 is 18.9 Å². The second-order valence-electron chi connectivity index (χ2n) is 7.87. The molecule has 2 unspecified atom stereocenters. The summed E-state index contributed by atoms with van der Waals surface area (Å²) in [7, 11) is 1.37. The number of carbonyl (C=O) groups is 1. The van der Waals surface area contributed by atoms with Crippen molar-refractivity contribution in [1.29, 1.82) is 0 Å². The smallest absolute Gasteiger partial charge is 0.306 e. The Balaban J connectivity index is 1.35. The highest BCUT2D eigenvalue weighted by Gasteiger charge is 2.32. The van der Waals surface area contributed by atoms with Crippen LogP contribution in [0.15, 0.2) is 42.5 Å². The topological polar surface area (TPSA) is 79.8 Å². The van der Waals surface area contributed by atoms with E-state index in [1.54, 1.807) is 24.3 Å². The number of rotatable bonds is 6. The molecule has 0 spiro atoms. The number of nitrogens with zero attached hydrogens (tertiary/aromatic N) is 2. The normalized spacial score (nSPS) is 18.3. The maximum Gasteiger partial charge on any atom is 0.306 e. The SMILES string of the molecule is COC(=O)CC1COc2cc(OC3CCc4c(Oc5ccc(Cl)nn5)ccc(F)c43)ccc21. The lowest BCUT2D eigenvalue weighted by Crippen LogP contribution is -2.09. The molecule has 0 amide bonds. The van der Waals surface area contributed by atoms with Gasteiger partial charge in [-0.25, -0.2) is 4.39 Å². The lowest BCUT2D eigenvalue weighted by molar-refractivity contribution is -0.141. The molecule has 1 aliphatic heterocycles. The molecule has 1 aliphatic carbocycles. The summed E-state index contributed by atoms with van der Waals surface area (Å²) in [6.45, 7) is 0.406. The molecule has 170 valence electrons. The molecule has 1 aromatic heterocycles. The molecule has 5 rings (SSSR count). The fourth-order valence-corrected chi connectivity index (χ4v) is 4.38. The van der Waals surface area contributed by atoms with E-state index in [1.165, 1.54) is 13.2 Å². The highest BCUT2D eigenvalue weighted by atomic mass is 35.5. The molecule has 0 radical (unpaired) electrons. The Bertz CT molecular complexity index is 1200. The van der Waals surface area contributed by atoms with Gasteiger partial charge in [0, 0.05) is 34.7 Å². The number of benzene rings is 2. The number of aromatic nitrogens is 2. The third-order valence-electron chi connectivity index (χ3n) is 5.85. The van der Waals surface area contributed by atoms with E-state index in [2.05, 4.69) is 10.2 Å². The summed E-state index contributed by atoms with van der Waals surface area (Å²) in [6, 6.07) is 11.6. The van der Waals surface area contributed by atoms with Gasteiger partial charge in [0.2, 0.25) is 5.88 Å². The van der Waals surface area contributed by atoms with Crippen LogP contribution in [0.4, 0.5) is 4.39 Å². The number of methoxy groups -OCH3 is 1. The monoisotopic (exact) mass is 470 g/mol. The zero-order chi connectivity index (χ0) is 22.9. The van der Waals surface area contributed by atoms with E-state index in [-0.39, 0.29) is 35.2 Å². The van der Waals surface area contributed by atoms with Crippen LogP contribution in [0.25, 0.3) is 0 Å². The van der Waals surface area contributed by atoms with Gasteiger partial charge >= 0.3 is 5.97 Å². The molecule has 2 atom stereocenters. The second kappa shape index (κ2) is 8.86. The van der Waals surface area contributed by atoms with Gasteiger partial charge in [-0.2, -0.15) is 0 Å². The van der Waals surface area contributed by atoms with Gasteiger partial charge in [0.05, 0.1) is 20.1 Å². The van der Waals surface area contributed by atoms with E-state index >= 15 is 0 Å². The number of ether oxygens (including phenoxy) is 4. The maximum absolute atomic E-state index is 14.8. The number of carbonyl (C=O) groups excluding carboxylic acids is 1. The lowest BCUT2D eigenvalue weighted by Gasteiger charge is -2.17. The number of hydrogen-bond donors (Lipinski definition) is 0. The zero-order valence-corrected chi connectivity index (χ0v) is 18.5. The summed E-state index contributed by atoms with van der Waals surface area (Å²) < 4.78 is 37.3. The van der Waals surface area contributed by atoms with E-state index in [0.29, 0.717) is 42.3 Å². The molecule has 0 saturated carbocycles. The Kier molecular flexibility index (Phi) is 5.76. The molecule has 3 aromatic rings. The van der Waals surface area contributed by atoms with Crippen molar-refractivity contribution >= 4 is 17.6 Å². The van der Waals surface area contributed by atoms with E-state index in [1.807, 2.05) is 12.1 Å². The summed E-state index contributed by atoms with van der Waals surface area (Å²) in [6.07, 6.45) is 0.981. The highest BCUT2D eigenvalue weighted by molar-refractivity contribution is 6.29. The van der Waals surface area contributed by atoms with Crippen molar-refractivity contribution in [2.24, 2.45) is 0 Å². The standard InChI is InChI=1S/C24H20ClFN2O5/c1-30-23(29)10-13-12-31-20-11-14(2-3-15(13)20)32-19-6-4-16-18(7-5-17(26)24(16)19)33-22-9-8-21(25)27-28-22/h2-3,5,7-9,11,13,19H,4,6,10,12H2,1H3. The Morgan fingerprint density at radius 1 is 1.21 bits per heavy atom. The molecule has 2 aromatic carbocycles. The molecular formula is C24H20ClFN2O5. The Morgan fingerprint density at radius 2 is 2.09 bits per heavy atom. The van der Waals surface area contributed by atoms with Crippen LogP contribution >= 0.6 is 11.6 Å². The van der Waals surface area contributed by atoms with Gasteiger partial charge in [-0.1, -0.05) is 17.7 Å². The van der Waals surface area contributed by atoms with Gasteiger partial charge in [0.15, 0.2) is 5.15 Å². The summed E-state index contributed by atoms with van der Waals surface area (Å²) in [5.74, 6) is 1.34. The number of fused-ring (bicyclic) bond motifs is 2. The summed E-state index contributed by atoms with van der Waals surface area (Å²) in [5.41, 5.74) is 2.15. The van der Waals surface area contributed by atoms with Gasteiger partial charge in [-0.15, -0.1) is 10.2 Å². The van der Waals surface area contributed by atoms with E-state index in [9.17, 15) is 9.18 Å². The van der Waals surface area contributed by atoms with Gasteiger partial charge in [0.1, 0.15) is 29.2 Å². The third-order valence-corrected chi connectivity index (χ3v) is 6.05. The quantitative estimate of drug-likeness (QED) is 0.460. The molecule has 7 nitrogen and oxygen atoms in total. The van der Waals surface area contributed by atoms with Crippen LogP contribution in [0, 0.1) is 5.82 Å². The average molecular weight is 471 g/mol. The first-order chi connectivity index (χ1) is 16.0.